The summed E-state index contributed by atoms with van der Waals surface area (Å²) in [5.41, 5.74) is -0.562. The van der Waals surface area contributed by atoms with E-state index < -0.39 is 32.2 Å². The summed E-state index contributed by atoms with van der Waals surface area (Å²) in [7, 11) is -2.44. The average Bonchev–Trinajstić information content (AvgIpc) is 2.48. The normalized spacial score (nSPS) is 11.2. The second kappa shape index (κ2) is 6.57. The topological polar surface area (TPSA) is 118 Å². The molecule has 0 aliphatic carbocycles. The summed E-state index contributed by atoms with van der Waals surface area (Å²) in [5, 5.41) is 10.9. The van der Waals surface area contributed by atoms with E-state index in [1.807, 2.05) is 0 Å². The highest BCUT2D eigenvalue weighted by Crippen LogP contribution is 2.30. The minimum Gasteiger partial charge on any atom is -0.495 e. The molecule has 2 aromatic rings. The van der Waals surface area contributed by atoms with E-state index in [4.69, 9.17) is 21.4 Å². The maximum Gasteiger partial charge on any atom is 0.338 e. The van der Waals surface area contributed by atoms with Crippen LogP contribution >= 0.6 is 11.6 Å². The van der Waals surface area contributed by atoms with Gasteiger partial charge in [0.25, 0.3) is 0 Å². The minimum absolute atomic E-state index is 0.00764. The first-order chi connectivity index (χ1) is 11.1. The monoisotopic (exact) mass is 375 g/mol. The number of hydrogen-bond acceptors (Lipinski definition) is 7. The number of halogens is 2. The van der Waals surface area contributed by atoms with E-state index in [9.17, 15) is 17.6 Å². The lowest BCUT2D eigenvalue weighted by atomic mass is 10.1. The molecular formula is C13H11ClFN3O5S. The number of carboxylic acid groups (broad SMARTS) is 1. The van der Waals surface area contributed by atoms with Crippen LogP contribution in [0, 0.1) is 5.82 Å². The van der Waals surface area contributed by atoms with Gasteiger partial charge in [0.2, 0.25) is 5.95 Å². The van der Waals surface area contributed by atoms with Gasteiger partial charge in [-0.3, -0.25) is 0 Å². The molecule has 1 aromatic carbocycles. The van der Waals surface area contributed by atoms with E-state index in [1.165, 1.54) is 7.11 Å². The molecule has 1 aromatic heterocycles. The standard InChI is InChI=1S/C13H11ClFN3O5S/c1-23-10-3-6(12(19)20)8(15)4-9(10)17-13-16-5-7(14)11(18-13)24(2,21)22/h3-5H,1-2H3,(H,19,20)(H,16,17,18). The molecule has 0 saturated carbocycles. The third kappa shape index (κ3) is 3.71. The van der Waals surface area contributed by atoms with Crippen molar-refractivity contribution in [1.82, 2.24) is 9.97 Å². The van der Waals surface area contributed by atoms with Crippen molar-refractivity contribution in [1.29, 1.82) is 0 Å². The molecule has 0 fully saturated rings. The SMILES string of the molecule is COc1cc(C(=O)O)c(F)cc1Nc1ncc(Cl)c(S(C)(=O)=O)n1. The number of anilines is 2. The Morgan fingerprint density at radius 3 is 2.62 bits per heavy atom. The summed E-state index contributed by atoms with van der Waals surface area (Å²) in [6.07, 6.45) is 1.99. The van der Waals surface area contributed by atoms with Crippen LogP contribution in [0.15, 0.2) is 23.4 Å². The first-order valence-corrected chi connectivity index (χ1v) is 8.51. The number of carbonyl (C=O) groups is 1. The highest BCUT2D eigenvalue weighted by Gasteiger charge is 2.19. The fraction of sp³-hybridized carbons (Fsp3) is 0.154. The van der Waals surface area contributed by atoms with Crippen LogP contribution in [0.3, 0.4) is 0 Å². The summed E-state index contributed by atoms with van der Waals surface area (Å²) in [4.78, 5) is 18.5. The summed E-state index contributed by atoms with van der Waals surface area (Å²) in [6.45, 7) is 0. The van der Waals surface area contributed by atoms with Gasteiger partial charge in [0.1, 0.15) is 11.6 Å². The number of rotatable bonds is 5. The molecule has 0 atom stereocenters. The van der Waals surface area contributed by atoms with Crippen LogP contribution in [0.1, 0.15) is 10.4 Å². The molecule has 0 amide bonds. The van der Waals surface area contributed by atoms with Gasteiger partial charge in [-0.2, -0.15) is 4.98 Å². The van der Waals surface area contributed by atoms with Gasteiger partial charge in [0.05, 0.1) is 29.6 Å². The Balaban J connectivity index is 2.49. The van der Waals surface area contributed by atoms with Crippen molar-refractivity contribution in [2.75, 3.05) is 18.7 Å². The summed E-state index contributed by atoms with van der Waals surface area (Å²) >= 11 is 5.74. The zero-order valence-corrected chi connectivity index (χ0v) is 13.9. The van der Waals surface area contributed by atoms with E-state index in [0.717, 1.165) is 24.6 Å². The number of nitrogens with zero attached hydrogens (tertiary/aromatic N) is 2. The van der Waals surface area contributed by atoms with Gasteiger partial charge in [0, 0.05) is 12.3 Å². The predicted octanol–water partition coefficient (Wildman–Crippen LogP) is 2.12. The van der Waals surface area contributed by atoms with E-state index in [1.54, 1.807) is 0 Å². The lowest BCUT2D eigenvalue weighted by Crippen LogP contribution is -2.08. The van der Waals surface area contributed by atoms with E-state index in [0.29, 0.717) is 0 Å². The van der Waals surface area contributed by atoms with E-state index in [-0.39, 0.29) is 22.4 Å². The smallest absolute Gasteiger partial charge is 0.338 e. The highest BCUT2D eigenvalue weighted by molar-refractivity contribution is 7.90. The number of benzene rings is 1. The van der Waals surface area contributed by atoms with Crippen molar-refractivity contribution < 1.29 is 27.4 Å². The van der Waals surface area contributed by atoms with Gasteiger partial charge in [0.15, 0.2) is 14.9 Å². The molecule has 0 radical (unpaired) electrons. The molecule has 128 valence electrons. The number of carboxylic acids is 1. The fourth-order valence-electron chi connectivity index (χ4n) is 1.78. The van der Waals surface area contributed by atoms with Crippen LogP contribution in [0.2, 0.25) is 5.02 Å². The summed E-state index contributed by atoms with van der Waals surface area (Å²) < 4.78 is 42.0. The largest absolute Gasteiger partial charge is 0.495 e. The molecule has 0 spiro atoms. The number of aromatic carboxylic acids is 1. The second-order valence-electron chi connectivity index (χ2n) is 4.58. The Labute approximate surface area is 141 Å². The number of ether oxygens (including phenoxy) is 1. The molecule has 0 aliphatic heterocycles. The van der Waals surface area contributed by atoms with Crippen molar-refractivity contribution in [3.8, 4) is 5.75 Å². The number of sulfone groups is 1. The second-order valence-corrected chi connectivity index (χ2v) is 6.92. The van der Waals surface area contributed by atoms with Crippen molar-refractivity contribution in [2.24, 2.45) is 0 Å². The van der Waals surface area contributed by atoms with Gasteiger partial charge in [-0.05, 0) is 6.07 Å². The van der Waals surface area contributed by atoms with Crippen molar-refractivity contribution in [3.63, 3.8) is 0 Å². The van der Waals surface area contributed by atoms with Gasteiger partial charge in [-0.15, -0.1) is 0 Å². The Bertz CT molecular complexity index is 920. The van der Waals surface area contributed by atoms with Crippen LogP contribution in [0.5, 0.6) is 5.75 Å². The number of nitrogens with one attached hydrogen (secondary N) is 1. The maximum absolute atomic E-state index is 13.8. The molecule has 2 N–H and O–H groups in total. The number of methoxy groups -OCH3 is 1. The molecule has 0 bridgehead atoms. The van der Waals surface area contributed by atoms with Crippen LogP contribution < -0.4 is 10.1 Å². The third-order valence-electron chi connectivity index (χ3n) is 2.83. The molecule has 8 nitrogen and oxygen atoms in total. The first-order valence-electron chi connectivity index (χ1n) is 6.24. The van der Waals surface area contributed by atoms with Crippen molar-refractivity contribution in [3.05, 3.63) is 34.7 Å². The molecule has 2 rings (SSSR count). The Kier molecular flexibility index (Phi) is 4.90. The number of aromatic nitrogens is 2. The summed E-state index contributed by atoms with van der Waals surface area (Å²) in [5.74, 6) is -2.64. The number of hydrogen-bond donors (Lipinski definition) is 2. The van der Waals surface area contributed by atoms with Gasteiger partial charge in [-0.1, -0.05) is 11.6 Å². The highest BCUT2D eigenvalue weighted by atomic mass is 35.5. The third-order valence-corrected chi connectivity index (χ3v) is 4.23. The Morgan fingerprint density at radius 1 is 1.42 bits per heavy atom. The zero-order chi connectivity index (χ0) is 18.1. The lowest BCUT2D eigenvalue weighted by Gasteiger charge is -2.12. The van der Waals surface area contributed by atoms with Gasteiger partial charge in [-0.25, -0.2) is 22.6 Å². The van der Waals surface area contributed by atoms with Gasteiger partial charge >= 0.3 is 5.97 Å². The average molecular weight is 376 g/mol. The van der Waals surface area contributed by atoms with Crippen molar-refractivity contribution in [2.45, 2.75) is 5.03 Å². The molecule has 0 saturated heterocycles. The minimum atomic E-state index is -3.70. The lowest BCUT2D eigenvalue weighted by molar-refractivity contribution is 0.0691. The van der Waals surface area contributed by atoms with Crippen LogP contribution in [0.25, 0.3) is 0 Å². The van der Waals surface area contributed by atoms with Crippen LogP contribution in [-0.4, -0.2) is 42.8 Å². The van der Waals surface area contributed by atoms with Crippen LogP contribution in [0.4, 0.5) is 16.0 Å². The maximum atomic E-state index is 13.8. The molecule has 0 unspecified atom stereocenters. The fourth-order valence-corrected chi connectivity index (χ4v) is 2.95. The quantitative estimate of drug-likeness (QED) is 0.763. The first kappa shape index (κ1) is 17.9. The Morgan fingerprint density at radius 2 is 2.08 bits per heavy atom. The predicted molar refractivity (Wildman–Crippen MR) is 83.3 cm³/mol. The molecule has 11 heteroatoms. The Hall–Kier alpha value is -2.46. The molecular weight excluding hydrogens is 365 g/mol. The summed E-state index contributed by atoms with van der Waals surface area (Å²) in [6, 6.07) is 1.85. The van der Waals surface area contributed by atoms with E-state index >= 15 is 0 Å². The molecule has 24 heavy (non-hydrogen) atoms. The van der Waals surface area contributed by atoms with Crippen LogP contribution in [-0.2, 0) is 9.84 Å². The van der Waals surface area contributed by atoms with Gasteiger partial charge < -0.3 is 15.2 Å². The molecule has 0 aliphatic rings. The van der Waals surface area contributed by atoms with E-state index in [2.05, 4.69) is 15.3 Å². The molecule has 1 heterocycles. The van der Waals surface area contributed by atoms with Crippen molar-refractivity contribution >= 4 is 39.0 Å². The zero-order valence-electron chi connectivity index (χ0n) is 12.4.